The van der Waals surface area contributed by atoms with Gasteiger partial charge in [0.15, 0.2) is 0 Å². The third-order valence-corrected chi connectivity index (χ3v) is 2.97. The monoisotopic (exact) mass is 271 g/mol. The lowest BCUT2D eigenvalue weighted by atomic mass is 10.2. The molecule has 0 fully saturated rings. The summed E-state index contributed by atoms with van der Waals surface area (Å²) in [5.74, 6) is 0.815. The summed E-state index contributed by atoms with van der Waals surface area (Å²) in [7, 11) is 3.28. The van der Waals surface area contributed by atoms with E-state index in [-0.39, 0.29) is 5.91 Å². The molecule has 0 unspecified atom stereocenters. The minimum Gasteiger partial charge on any atom is -0.495 e. The Morgan fingerprint density at radius 2 is 2.00 bits per heavy atom. The number of rotatable bonds is 3. The number of ether oxygens (including phenoxy) is 1. The topological polar surface area (TPSA) is 68.5 Å². The van der Waals surface area contributed by atoms with E-state index in [2.05, 4.69) is 4.98 Å². The predicted molar refractivity (Wildman–Crippen MR) is 79.1 cm³/mol. The van der Waals surface area contributed by atoms with Gasteiger partial charge in [0.2, 0.25) is 0 Å². The van der Waals surface area contributed by atoms with Crippen molar-refractivity contribution in [3.05, 3.63) is 47.7 Å². The molecule has 0 aliphatic carbocycles. The molecule has 5 heteroatoms. The molecule has 0 aliphatic heterocycles. The lowest BCUT2D eigenvalue weighted by molar-refractivity contribution is 0.0992. The average Bonchev–Trinajstić information content (AvgIpc) is 2.44. The average molecular weight is 271 g/mol. The normalized spacial score (nSPS) is 10.2. The molecular formula is C15H17N3O2. The predicted octanol–water partition coefficient (Wildman–Crippen LogP) is 2.26. The molecule has 2 N–H and O–H groups in total. The summed E-state index contributed by atoms with van der Waals surface area (Å²) in [5.41, 5.74) is 7.60. The molecule has 104 valence electrons. The summed E-state index contributed by atoms with van der Waals surface area (Å²) in [5, 5.41) is 0. The van der Waals surface area contributed by atoms with Gasteiger partial charge in [-0.2, -0.15) is 0 Å². The van der Waals surface area contributed by atoms with Crippen molar-refractivity contribution in [3.63, 3.8) is 0 Å². The number of para-hydroxylation sites is 2. The van der Waals surface area contributed by atoms with Gasteiger partial charge in [-0.05, 0) is 31.2 Å². The van der Waals surface area contributed by atoms with Crippen LogP contribution >= 0.6 is 0 Å². The number of hydrogen-bond donors (Lipinski definition) is 1. The lowest BCUT2D eigenvalue weighted by Crippen LogP contribution is -2.27. The van der Waals surface area contributed by atoms with Crippen LogP contribution in [0, 0.1) is 6.92 Å². The van der Waals surface area contributed by atoms with E-state index in [0.717, 1.165) is 0 Å². The summed E-state index contributed by atoms with van der Waals surface area (Å²) in [6, 6.07) is 10.6. The molecular weight excluding hydrogens is 254 g/mol. The van der Waals surface area contributed by atoms with Gasteiger partial charge in [0.25, 0.3) is 5.91 Å². The summed E-state index contributed by atoms with van der Waals surface area (Å²) < 4.78 is 5.27. The molecule has 0 bridgehead atoms. The molecule has 0 atom stereocenters. The highest BCUT2D eigenvalue weighted by Gasteiger charge is 2.17. The molecule has 2 rings (SSSR count). The minimum atomic E-state index is -0.160. The van der Waals surface area contributed by atoms with Gasteiger partial charge >= 0.3 is 0 Å². The Balaban J connectivity index is 2.37. The second-order valence-corrected chi connectivity index (χ2v) is 4.46. The van der Waals surface area contributed by atoms with Crippen molar-refractivity contribution in [2.45, 2.75) is 6.92 Å². The van der Waals surface area contributed by atoms with Gasteiger partial charge in [-0.1, -0.05) is 12.1 Å². The maximum atomic E-state index is 12.5. The number of carbonyl (C=O) groups excluding carboxylic acids is 1. The van der Waals surface area contributed by atoms with Crippen molar-refractivity contribution in [1.82, 2.24) is 4.98 Å². The Morgan fingerprint density at radius 3 is 2.65 bits per heavy atom. The molecule has 0 radical (unpaired) electrons. The van der Waals surface area contributed by atoms with Crippen molar-refractivity contribution >= 4 is 17.4 Å². The summed E-state index contributed by atoms with van der Waals surface area (Å²) in [6.45, 7) is 1.80. The third-order valence-electron chi connectivity index (χ3n) is 2.97. The number of aryl methyl sites for hydroxylation is 1. The van der Waals surface area contributed by atoms with Crippen LogP contribution in [0.5, 0.6) is 5.75 Å². The van der Waals surface area contributed by atoms with Crippen LogP contribution < -0.4 is 15.4 Å². The van der Waals surface area contributed by atoms with E-state index >= 15 is 0 Å². The number of benzene rings is 1. The van der Waals surface area contributed by atoms with Crippen molar-refractivity contribution in [1.29, 1.82) is 0 Å². The summed E-state index contributed by atoms with van der Waals surface area (Å²) in [6.07, 6.45) is 0. The zero-order chi connectivity index (χ0) is 14.7. The summed E-state index contributed by atoms with van der Waals surface area (Å²) in [4.78, 5) is 18.1. The zero-order valence-electron chi connectivity index (χ0n) is 11.8. The van der Waals surface area contributed by atoms with E-state index in [1.54, 1.807) is 33.2 Å². The van der Waals surface area contributed by atoms with Crippen LogP contribution in [0.2, 0.25) is 0 Å². The van der Waals surface area contributed by atoms with Crippen LogP contribution in [0.25, 0.3) is 0 Å². The Hall–Kier alpha value is -2.56. The highest BCUT2D eigenvalue weighted by atomic mass is 16.5. The second kappa shape index (κ2) is 5.61. The number of nitrogens with two attached hydrogens (primary N) is 1. The first-order valence-electron chi connectivity index (χ1n) is 6.18. The first kappa shape index (κ1) is 13.9. The fraction of sp³-hybridized carbons (Fsp3) is 0.200. The lowest BCUT2D eigenvalue weighted by Gasteiger charge is -2.20. The van der Waals surface area contributed by atoms with Crippen molar-refractivity contribution in [3.8, 4) is 5.75 Å². The molecule has 0 spiro atoms. The number of amides is 1. The number of aromatic nitrogens is 1. The molecule has 1 aromatic heterocycles. The first-order valence-corrected chi connectivity index (χ1v) is 6.18. The van der Waals surface area contributed by atoms with E-state index in [4.69, 9.17) is 10.5 Å². The summed E-state index contributed by atoms with van der Waals surface area (Å²) >= 11 is 0. The standard InChI is InChI=1S/C15H17N3O2/c1-10-8-11(9-14(16)17-10)15(19)18(2)12-6-4-5-7-13(12)20-3/h4-9H,1-3H3,(H2,16,17). The Kier molecular flexibility index (Phi) is 3.89. The quantitative estimate of drug-likeness (QED) is 0.929. The van der Waals surface area contributed by atoms with Crippen LogP contribution in [-0.4, -0.2) is 25.0 Å². The maximum absolute atomic E-state index is 12.5. The number of anilines is 2. The van der Waals surface area contributed by atoms with Gasteiger partial charge in [0, 0.05) is 18.3 Å². The fourth-order valence-corrected chi connectivity index (χ4v) is 2.03. The first-order chi connectivity index (χ1) is 9.52. The molecule has 5 nitrogen and oxygen atoms in total. The number of methoxy groups -OCH3 is 1. The molecule has 20 heavy (non-hydrogen) atoms. The Morgan fingerprint density at radius 1 is 1.30 bits per heavy atom. The fourth-order valence-electron chi connectivity index (χ4n) is 2.03. The van der Waals surface area contributed by atoms with Gasteiger partial charge in [-0.25, -0.2) is 4.98 Å². The van der Waals surface area contributed by atoms with Crippen LogP contribution in [0.3, 0.4) is 0 Å². The largest absolute Gasteiger partial charge is 0.495 e. The van der Waals surface area contributed by atoms with Crippen LogP contribution in [0.1, 0.15) is 16.1 Å². The SMILES string of the molecule is COc1ccccc1N(C)C(=O)c1cc(C)nc(N)c1. The van der Waals surface area contributed by atoms with Gasteiger partial charge in [-0.15, -0.1) is 0 Å². The highest BCUT2D eigenvalue weighted by molar-refractivity contribution is 6.06. The molecule has 1 heterocycles. The number of nitrogen functional groups attached to an aromatic ring is 1. The molecule has 1 amide bonds. The number of pyridine rings is 1. The van der Waals surface area contributed by atoms with Gasteiger partial charge < -0.3 is 15.4 Å². The number of nitrogens with zero attached hydrogens (tertiary/aromatic N) is 2. The Labute approximate surface area is 118 Å². The smallest absolute Gasteiger partial charge is 0.258 e. The molecule has 2 aromatic rings. The molecule has 0 saturated heterocycles. The van der Waals surface area contributed by atoms with E-state index in [1.165, 1.54) is 4.90 Å². The molecule has 1 aromatic carbocycles. The van der Waals surface area contributed by atoms with Crippen molar-refractivity contribution < 1.29 is 9.53 Å². The second-order valence-electron chi connectivity index (χ2n) is 4.46. The highest BCUT2D eigenvalue weighted by Crippen LogP contribution is 2.27. The van der Waals surface area contributed by atoms with Gasteiger partial charge in [0.1, 0.15) is 11.6 Å². The number of hydrogen-bond acceptors (Lipinski definition) is 4. The molecule has 0 saturated carbocycles. The van der Waals surface area contributed by atoms with Crippen molar-refractivity contribution in [2.75, 3.05) is 24.8 Å². The van der Waals surface area contributed by atoms with Crippen molar-refractivity contribution in [2.24, 2.45) is 0 Å². The Bertz CT molecular complexity index is 621. The van der Waals surface area contributed by atoms with E-state index < -0.39 is 0 Å². The zero-order valence-corrected chi connectivity index (χ0v) is 11.8. The third kappa shape index (κ3) is 2.71. The van der Waals surface area contributed by atoms with E-state index in [0.29, 0.717) is 28.5 Å². The van der Waals surface area contributed by atoms with E-state index in [9.17, 15) is 4.79 Å². The van der Waals surface area contributed by atoms with Gasteiger partial charge in [-0.3, -0.25) is 4.79 Å². The maximum Gasteiger partial charge on any atom is 0.258 e. The van der Waals surface area contributed by atoms with Crippen LogP contribution in [0.4, 0.5) is 11.5 Å². The molecule has 0 aliphatic rings. The van der Waals surface area contributed by atoms with E-state index in [1.807, 2.05) is 24.3 Å². The van der Waals surface area contributed by atoms with Crippen LogP contribution in [-0.2, 0) is 0 Å². The van der Waals surface area contributed by atoms with Crippen LogP contribution in [0.15, 0.2) is 36.4 Å². The number of carbonyl (C=O) groups is 1. The minimum absolute atomic E-state index is 0.160. The van der Waals surface area contributed by atoms with Gasteiger partial charge in [0.05, 0.1) is 12.8 Å².